The van der Waals surface area contributed by atoms with Crippen molar-refractivity contribution in [3.8, 4) is 0 Å². The highest BCUT2D eigenvalue weighted by Crippen LogP contribution is 2.35. The minimum atomic E-state index is 0.0538. The van der Waals surface area contributed by atoms with E-state index in [1.165, 1.54) is 5.56 Å². The Bertz CT molecular complexity index is 478. The van der Waals surface area contributed by atoms with Crippen LogP contribution in [0.15, 0.2) is 24.5 Å². The molecule has 108 valence electrons. The first-order chi connectivity index (χ1) is 9.69. The molecule has 1 aromatic rings. The maximum absolute atomic E-state index is 11.9. The summed E-state index contributed by atoms with van der Waals surface area (Å²) in [6.45, 7) is 3.12. The fourth-order valence-corrected chi connectivity index (χ4v) is 3.65. The Labute approximate surface area is 120 Å². The second-order valence-electron chi connectivity index (χ2n) is 5.91. The lowest BCUT2D eigenvalue weighted by Crippen LogP contribution is -2.44. The molecular weight excluding hydrogens is 252 g/mol. The third-order valence-electron chi connectivity index (χ3n) is 4.73. The fourth-order valence-electron chi connectivity index (χ4n) is 3.65. The predicted molar refractivity (Wildman–Crippen MR) is 77.0 cm³/mol. The molecule has 5 nitrogen and oxygen atoms in total. The summed E-state index contributed by atoms with van der Waals surface area (Å²) < 4.78 is 0. The molecule has 3 atom stereocenters. The van der Waals surface area contributed by atoms with E-state index in [9.17, 15) is 4.79 Å². The average Bonchev–Trinajstić information content (AvgIpc) is 2.99. The van der Waals surface area contributed by atoms with E-state index in [1.54, 1.807) is 7.05 Å². The highest BCUT2D eigenvalue weighted by Gasteiger charge is 2.46. The lowest BCUT2D eigenvalue weighted by Gasteiger charge is -2.25. The van der Waals surface area contributed by atoms with Gasteiger partial charge in [-0.1, -0.05) is 0 Å². The zero-order chi connectivity index (χ0) is 14.1. The van der Waals surface area contributed by atoms with Crippen molar-refractivity contribution >= 4 is 5.91 Å². The molecule has 2 fully saturated rings. The summed E-state index contributed by atoms with van der Waals surface area (Å²) in [4.78, 5) is 20.7. The number of likely N-dealkylation sites (tertiary alicyclic amines) is 2. The summed E-state index contributed by atoms with van der Waals surface area (Å²) in [6.07, 6.45) is 4.67. The molecule has 1 amide bonds. The quantitative estimate of drug-likeness (QED) is 0.863. The molecule has 2 aliphatic heterocycles. The van der Waals surface area contributed by atoms with E-state index in [0.29, 0.717) is 12.0 Å². The number of amides is 1. The summed E-state index contributed by atoms with van der Waals surface area (Å²) in [5.74, 6) is 0.770. The van der Waals surface area contributed by atoms with Crippen molar-refractivity contribution in [2.75, 3.05) is 27.2 Å². The molecule has 3 heterocycles. The molecule has 0 aliphatic carbocycles. The van der Waals surface area contributed by atoms with Crippen LogP contribution in [-0.4, -0.2) is 60.0 Å². The first-order valence-electron chi connectivity index (χ1n) is 7.24. The van der Waals surface area contributed by atoms with Crippen LogP contribution in [0.3, 0.4) is 0 Å². The van der Waals surface area contributed by atoms with Crippen LogP contribution in [-0.2, 0) is 11.3 Å². The molecule has 20 heavy (non-hydrogen) atoms. The van der Waals surface area contributed by atoms with Crippen molar-refractivity contribution in [3.05, 3.63) is 30.1 Å². The number of rotatable bonds is 3. The van der Waals surface area contributed by atoms with Gasteiger partial charge >= 0.3 is 0 Å². The molecule has 1 aromatic heterocycles. The molecule has 0 bridgehead atoms. The van der Waals surface area contributed by atoms with E-state index in [4.69, 9.17) is 0 Å². The second kappa shape index (κ2) is 5.50. The Morgan fingerprint density at radius 3 is 2.80 bits per heavy atom. The fraction of sp³-hybridized carbons (Fsp3) is 0.600. The average molecular weight is 274 g/mol. The van der Waals surface area contributed by atoms with Crippen molar-refractivity contribution in [1.82, 2.24) is 20.1 Å². The highest BCUT2D eigenvalue weighted by atomic mass is 16.2. The Balaban J connectivity index is 1.61. The van der Waals surface area contributed by atoms with Gasteiger partial charge in [-0.05, 0) is 37.1 Å². The summed E-state index contributed by atoms with van der Waals surface area (Å²) in [7, 11) is 3.81. The third kappa shape index (κ3) is 2.43. The zero-order valence-electron chi connectivity index (χ0n) is 12.1. The van der Waals surface area contributed by atoms with Gasteiger partial charge in [0, 0.05) is 45.1 Å². The minimum Gasteiger partial charge on any atom is -0.358 e. The number of carbonyl (C=O) groups is 1. The van der Waals surface area contributed by atoms with Gasteiger partial charge in [0.05, 0.1) is 6.04 Å². The van der Waals surface area contributed by atoms with Crippen LogP contribution in [0.4, 0.5) is 0 Å². The van der Waals surface area contributed by atoms with Crippen molar-refractivity contribution in [2.45, 2.75) is 25.0 Å². The number of carbonyl (C=O) groups excluding carboxylic acids is 1. The molecule has 0 spiro atoms. The van der Waals surface area contributed by atoms with Gasteiger partial charge in [0.1, 0.15) is 0 Å². The molecule has 0 unspecified atom stereocenters. The number of fused-ring (bicyclic) bond motifs is 1. The normalized spacial score (nSPS) is 30.4. The van der Waals surface area contributed by atoms with Crippen molar-refractivity contribution in [2.24, 2.45) is 5.92 Å². The first-order valence-corrected chi connectivity index (χ1v) is 7.24. The number of hydrogen-bond donors (Lipinski definition) is 1. The van der Waals surface area contributed by atoms with E-state index < -0.39 is 0 Å². The monoisotopic (exact) mass is 274 g/mol. The largest absolute Gasteiger partial charge is 0.358 e. The predicted octanol–water partition coefficient (Wildman–Crippen LogP) is 0.332. The Kier molecular flexibility index (Phi) is 3.72. The Hall–Kier alpha value is -1.46. The van der Waals surface area contributed by atoms with Crippen LogP contribution in [0.1, 0.15) is 12.0 Å². The number of pyridine rings is 1. The van der Waals surface area contributed by atoms with E-state index in [0.717, 1.165) is 26.1 Å². The van der Waals surface area contributed by atoms with Gasteiger partial charge in [-0.25, -0.2) is 0 Å². The van der Waals surface area contributed by atoms with Crippen LogP contribution < -0.4 is 5.32 Å². The molecule has 0 aromatic carbocycles. The maximum Gasteiger partial charge on any atom is 0.237 e. The maximum atomic E-state index is 11.9. The van der Waals surface area contributed by atoms with Crippen molar-refractivity contribution in [1.29, 1.82) is 0 Å². The second-order valence-corrected chi connectivity index (χ2v) is 5.91. The Morgan fingerprint density at radius 2 is 2.15 bits per heavy atom. The molecule has 5 heteroatoms. The van der Waals surface area contributed by atoms with Gasteiger partial charge in [0.25, 0.3) is 0 Å². The van der Waals surface area contributed by atoms with E-state index in [2.05, 4.69) is 39.3 Å². The van der Waals surface area contributed by atoms with Gasteiger partial charge in [0.15, 0.2) is 0 Å². The van der Waals surface area contributed by atoms with Crippen LogP contribution in [0, 0.1) is 5.92 Å². The van der Waals surface area contributed by atoms with Crippen molar-refractivity contribution < 1.29 is 4.79 Å². The number of likely N-dealkylation sites (N-methyl/N-ethyl adjacent to an activating group) is 2. The summed E-state index contributed by atoms with van der Waals surface area (Å²) >= 11 is 0. The number of aromatic nitrogens is 1. The summed E-state index contributed by atoms with van der Waals surface area (Å²) in [6, 6.07) is 4.72. The molecule has 2 aliphatic rings. The molecule has 0 radical (unpaired) electrons. The van der Waals surface area contributed by atoms with Gasteiger partial charge in [-0.3, -0.25) is 19.6 Å². The molecule has 3 rings (SSSR count). The van der Waals surface area contributed by atoms with Gasteiger partial charge < -0.3 is 5.32 Å². The molecule has 1 N–H and O–H groups in total. The van der Waals surface area contributed by atoms with Crippen molar-refractivity contribution in [3.63, 3.8) is 0 Å². The van der Waals surface area contributed by atoms with E-state index in [-0.39, 0.29) is 11.9 Å². The topological polar surface area (TPSA) is 48.5 Å². The van der Waals surface area contributed by atoms with Gasteiger partial charge in [-0.2, -0.15) is 0 Å². The highest BCUT2D eigenvalue weighted by molar-refractivity contribution is 5.81. The molecule has 2 saturated heterocycles. The smallest absolute Gasteiger partial charge is 0.237 e. The first kappa shape index (κ1) is 13.5. The van der Waals surface area contributed by atoms with Crippen LogP contribution in [0.25, 0.3) is 0 Å². The lowest BCUT2D eigenvalue weighted by atomic mass is 10.0. The third-order valence-corrected chi connectivity index (χ3v) is 4.73. The van der Waals surface area contributed by atoms with Crippen LogP contribution in [0.5, 0.6) is 0 Å². The Morgan fingerprint density at radius 1 is 1.40 bits per heavy atom. The van der Waals surface area contributed by atoms with E-state index >= 15 is 0 Å². The zero-order valence-corrected chi connectivity index (χ0v) is 12.1. The molecular formula is C15H22N4O. The van der Waals surface area contributed by atoms with E-state index in [1.807, 2.05) is 12.4 Å². The standard InChI is InChI=1S/C15H22N4O/c1-16-15(20)13-7-12-9-19(10-14(12)18(13)2)8-11-3-5-17-6-4-11/h3-6,12-14H,7-10H2,1-2H3,(H,16,20)/t12-,13-,14+/m0/s1. The SMILES string of the molecule is CNC(=O)[C@@H]1C[C@H]2CN(Cc3ccncc3)C[C@H]2N1C. The van der Waals surface area contributed by atoms with Crippen LogP contribution >= 0.6 is 0 Å². The minimum absolute atomic E-state index is 0.0538. The molecule has 0 saturated carbocycles. The lowest BCUT2D eigenvalue weighted by molar-refractivity contribution is -0.125. The number of hydrogen-bond acceptors (Lipinski definition) is 4. The van der Waals surface area contributed by atoms with Gasteiger partial charge in [0.2, 0.25) is 5.91 Å². The summed E-state index contributed by atoms with van der Waals surface area (Å²) in [5, 5.41) is 2.78. The number of nitrogens with zero attached hydrogens (tertiary/aromatic N) is 3. The number of nitrogens with one attached hydrogen (secondary N) is 1. The van der Waals surface area contributed by atoms with Gasteiger partial charge in [-0.15, -0.1) is 0 Å². The summed E-state index contributed by atoms with van der Waals surface area (Å²) in [5.41, 5.74) is 1.31. The van der Waals surface area contributed by atoms with Crippen LogP contribution in [0.2, 0.25) is 0 Å².